The van der Waals surface area contributed by atoms with Crippen LogP contribution in [0.15, 0.2) is 24.3 Å². The Hall–Kier alpha value is -1.14. The maximum Gasteiger partial charge on any atom is 0.147 e. The highest BCUT2D eigenvalue weighted by Gasteiger charge is 2.20. The molecule has 0 aliphatic carbocycles. The van der Waals surface area contributed by atoms with Crippen molar-refractivity contribution in [3.63, 3.8) is 0 Å². The average Bonchev–Trinajstić information content (AvgIpc) is 2.42. The summed E-state index contributed by atoms with van der Waals surface area (Å²) < 4.78 is 40.8. The molecular weight excluding hydrogens is 293 g/mol. The molecule has 0 saturated carbocycles. The van der Waals surface area contributed by atoms with Gasteiger partial charge in [0.1, 0.15) is 27.5 Å². The van der Waals surface area contributed by atoms with Gasteiger partial charge in [-0.25, -0.2) is 12.8 Å². The van der Waals surface area contributed by atoms with Crippen molar-refractivity contribution < 1.29 is 17.5 Å². The van der Waals surface area contributed by atoms with Crippen LogP contribution < -0.4 is 4.74 Å². The molecule has 118 valence electrons. The van der Waals surface area contributed by atoms with Crippen molar-refractivity contribution in [1.82, 2.24) is 4.90 Å². The second-order valence-electron chi connectivity index (χ2n) is 5.60. The van der Waals surface area contributed by atoms with Crippen molar-refractivity contribution >= 4 is 9.84 Å². The van der Waals surface area contributed by atoms with Gasteiger partial charge in [0, 0.05) is 19.3 Å². The first-order valence-electron chi connectivity index (χ1n) is 7.25. The third kappa shape index (κ3) is 6.01. The molecule has 0 bridgehead atoms. The highest BCUT2D eigenvalue weighted by Crippen LogP contribution is 2.19. The number of likely N-dealkylation sites (tertiary alicyclic amines) is 1. The van der Waals surface area contributed by atoms with Gasteiger partial charge in [0.2, 0.25) is 0 Å². The van der Waals surface area contributed by atoms with Crippen molar-refractivity contribution in [2.24, 2.45) is 0 Å². The minimum absolute atomic E-state index is 0.154. The summed E-state index contributed by atoms with van der Waals surface area (Å²) >= 11 is 0. The number of sulfone groups is 1. The van der Waals surface area contributed by atoms with Crippen LogP contribution in [0.4, 0.5) is 4.39 Å². The lowest BCUT2D eigenvalue weighted by Crippen LogP contribution is -2.39. The summed E-state index contributed by atoms with van der Waals surface area (Å²) in [5.41, 5.74) is 0. The molecule has 1 aliphatic rings. The molecule has 21 heavy (non-hydrogen) atoms. The van der Waals surface area contributed by atoms with Crippen LogP contribution in [0.1, 0.15) is 19.3 Å². The number of hydrogen-bond donors (Lipinski definition) is 0. The lowest BCUT2D eigenvalue weighted by atomic mass is 10.1. The first kappa shape index (κ1) is 16.2. The molecule has 1 heterocycles. The van der Waals surface area contributed by atoms with Gasteiger partial charge >= 0.3 is 0 Å². The van der Waals surface area contributed by atoms with Crippen molar-refractivity contribution in [3.05, 3.63) is 30.1 Å². The van der Waals surface area contributed by atoms with Gasteiger partial charge in [0.15, 0.2) is 0 Å². The van der Waals surface area contributed by atoms with Gasteiger partial charge in [-0.05, 0) is 50.1 Å². The Bertz CT molecular complexity index is 537. The number of halogens is 1. The largest absolute Gasteiger partial charge is 0.490 e. The predicted molar refractivity (Wildman–Crippen MR) is 80.8 cm³/mol. The first-order chi connectivity index (χ1) is 9.92. The van der Waals surface area contributed by atoms with Crippen molar-refractivity contribution in [1.29, 1.82) is 0 Å². The van der Waals surface area contributed by atoms with Gasteiger partial charge in [0.25, 0.3) is 0 Å². The Morgan fingerprint density at radius 3 is 2.43 bits per heavy atom. The van der Waals surface area contributed by atoms with Gasteiger partial charge in [0.05, 0.1) is 5.75 Å². The van der Waals surface area contributed by atoms with Gasteiger partial charge in [-0.1, -0.05) is 0 Å². The van der Waals surface area contributed by atoms with E-state index in [2.05, 4.69) is 4.90 Å². The maximum atomic E-state index is 12.8. The predicted octanol–water partition coefficient (Wildman–Crippen LogP) is 2.10. The van der Waals surface area contributed by atoms with Crippen LogP contribution in [0.25, 0.3) is 0 Å². The third-order valence-electron chi connectivity index (χ3n) is 3.64. The Kier molecular flexibility index (Phi) is 5.58. The molecule has 0 amide bonds. The van der Waals surface area contributed by atoms with E-state index in [4.69, 9.17) is 4.74 Å². The molecule has 1 fully saturated rings. The van der Waals surface area contributed by atoms with E-state index in [0.29, 0.717) is 12.2 Å². The summed E-state index contributed by atoms with van der Waals surface area (Å²) in [6.07, 6.45) is 3.94. The fourth-order valence-corrected chi connectivity index (χ4v) is 3.16. The lowest BCUT2D eigenvalue weighted by Gasteiger charge is -2.32. The van der Waals surface area contributed by atoms with Gasteiger partial charge in [-0.15, -0.1) is 0 Å². The molecule has 2 rings (SSSR count). The number of hydrogen-bond acceptors (Lipinski definition) is 4. The minimum atomic E-state index is -2.86. The monoisotopic (exact) mass is 315 g/mol. The fraction of sp³-hybridized carbons (Fsp3) is 0.600. The van der Waals surface area contributed by atoms with Crippen LogP contribution in [-0.4, -0.2) is 51.1 Å². The van der Waals surface area contributed by atoms with Crippen LogP contribution in [0.2, 0.25) is 0 Å². The summed E-state index contributed by atoms with van der Waals surface area (Å²) in [6, 6.07) is 6.09. The quantitative estimate of drug-likeness (QED) is 0.806. The summed E-state index contributed by atoms with van der Waals surface area (Å²) in [7, 11) is -2.86. The zero-order valence-corrected chi connectivity index (χ0v) is 13.1. The van der Waals surface area contributed by atoms with Crippen LogP contribution in [-0.2, 0) is 9.84 Å². The zero-order chi connectivity index (χ0) is 15.3. The Balaban J connectivity index is 1.69. The van der Waals surface area contributed by atoms with E-state index in [-0.39, 0.29) is 17.7 Å². The molecule has 1 aromatic rings. The Morgan fingerprint density at radius 1 is 1.24 bits per heavy atom. The minimum Gasteiger partial charge on any atom is -0.490 e. The number of nitrogens with zero attached hydrogens (tertiary/aromatic N) is 1. The lowest BCUT2D eigenvalue weighted by molar-refractivity contribution is 0.101. The van der Waals surface area contributed by atoms with E-state index < -0.39 is 9.84 Å². The SMILES string of the molecule is CS(=O)(=O)CCCN1CCC(Oc2ccc(F)cc2)CC1. The van der Waals surface area contributed by atoms with Gasteiger partial charge in [-0.2, -0.15) is 0 Å². The van der Waals surface area contributed by atoms with Gasteiger partial charge < -0.3 is 9.64 Å². The summed E-state index contributed by atoms with van der Waals surface area (Å²) in [5.74, 6) is 0.689. The van der Waals surface area contributed by atoms with Crippen LogP contribution in [0, 0.1) is 5.82 Å². The second-order valence-corrected chi connectivity index (χ2v) is 7.86. The van der Waals surface area contributed by atoms with E-state index in [1.54, 1.807) is 12.1 Å². The zero-order valence-electron chi connectivity index (χ0n) is 12.3. The summed E-state index contributed by atoms with van der Waals surface area (Å²) in [6.45, 7) is 2.64. The fourth-order valence-electron chi connectivity index (χ4n) is 2.51. The molecule has 0 spiro atoms. The van der Waals surface area contributed by atoms with E-state index in [0.717, 1.165) is 32.5 Å². The normalized spacial score (nSPS) is 17.8. The molecule has 1 aromatic carbocycles. The molecule has 0 unspecified atom stereocenters. The molecule has 0 atom stereocenters. The van der Waals surface area contributed by atoms with Crippen LogP contribution in [0.5, 0.6) is 5.75 Å². The highest BCUT2D eigenvalue weighted by atomic mass is 32.2. The molecule has 0 radical (unpaired) electrons. The van der Waals surface area contributed by atoms with E-state index in [9.17, 15) is 12.8 Å². The molecule has 0 N–H and O–H groups in total. The molecule has 4 nitrogen and oxygen atoms in total. The number of ether oxygens (including phenoxy) is 1. The molecular formula is C15H22FNO3S. The highest BCUT2D eigenvalue weighted by molar-refractivity contribution is 7.90. The Morgan fingerprint density at radius 2 is 1.86 bits per heavy atom. The topological polar surface area (TPSA) is 46.6 Å². The van der Waals surface area contributed by atoms with Crippen LogP contribution >= 0.6 is 0 Å². The Labute approximate surface area is 125 Å². The van der Waals surface area contributed by atoms with Crippen molar-refractivity contribution in [3.8, 4) is 5.75 Å². The summed E-state index contributed by atoms with van der Waals surface area (Å²) in [4.78, 5) is 2.27. The van der Waals surface area contributed by atoms with Crippen LogP contribution in [0.3, 0.4) is 0 Å². The average molecular weight is 315 g/mol. The van der Waals surface area contributed by atoms with E-state index in [1.807, 2.05) is 0 Å². The van der Waals surface area contributed by atoms with Crippen molar-refractivity contribution in [2.45, 2.75) is 25.4 Å². The van der Waals surface area contributed by atoms with E-state index in [1.165, 1.54) is 18.4 Å². The van der Waals surface area contributed by atoms with Gasteiger partial charge in [-0.3, -0.25) is 0 Å². The molecule has 6 heteroatoms. The van der Waals surface area contributed by atoms with Crippen molar-refractivity contribution in [2.75, 3.05) is 31.6 Å². The summed E-state index contributed by atoms with van der Waals surface area (Å²) in [5, 5.41) is 0. The number of piperidine rings is 1. The second kappa shape index (κ2) is 7.22. The standard InChI is InChI=1S/C15H22FNO3S/c1-21(18,19)12-2-9-17-10-7-15(8-11-17)20-14-5-3-13(16)4-6-14/h3-6,15H,2,7-12H2,1H3. The molecule has 0 aromatic heterocycles. The first-order valence-corrected chi connectivity index (χ1v) is 9.31. The number of rotatable bonds is 6. The third-order valence-corrected chi connectivity index (χ3v) is 4.67. The molecule has 1 aliphatic heterocycles. The van der Waals surface area contributed by atoms with E-state index >= 15 is 0 Å². The maximum absolute atomic E-state index is 12.8. The molecule has 1 saturated heterocycles. The smallest absolute Gasteiger partial charge is 0.147 e. The number of benzene rings is 1.